The van der Waals surface area contributed by atoms with Gasteiger partial charge < -0.3 is 5.32 Å². The van der Waals surface area contributed by atoms with Crippen molar-refractivity contribution in [3.63, 3.8) is 0 Å². The Morgan fingerprint density at radius 3 is 2.63 bits per heavy atom. The Morgan fingerprint density at radius 2 is 1.74 bits per heavy atom. The first-order chi connectivity index (χ1) is 9.13. The van der Waals surface area contributed by atoms with Crippen LogP contribution >= 0.6 is 0 Å². The SMILES string of the molecule is C[C@]12CCCCC1CC[C@@H]1[C@@H]2CC[C@]2(C)NCC[C@@H]12. The molecule has 0 aromatic rings. The lowest BCUT2D eigenvalue weighted by Crippen LogP contribution is -2.56. The van der Waals surface area contributed by atoms with Crippen LogP contribution in [0.25, 0.3) is 0 Å². The van der Waals surface area contributed by atoms with Crippen LogP contribution < -0.4 is 5.32 Å². The summed E-state index contributed by atoms with van der Waals surface area (Å²) in [7, 11) is 0. The fourth-order valence-corrected chi connectivity index (χ4v) is 6.88. The van der Waals surface area contributed by atoms with Gasteiger partial charge in [-0.1, -0.05) is 19.8 Å². The molecular formula is C18H31N. The Kier molecular flexibility index (Phi) is 2.82. The zero-order chi connectivity index (χ0) is 13.1. The second kappa shape index (κ2) is 4.23. The Bertz CT molecular complexity index is 365. The van der Waals surface area contributed by atoms with E-state index in [1.807, 2.05) is 0 Å². The molecule has 6 atom stereocenters. The van der Waals surface area contributed by atoms with Gasteiger partial charge in [0.15, 0.2) is 0 Å². The highest BCUT2D eigenvalue weighted by atomic mass is 15.0. The number of nitrogens with one attached hydrogen (secondary N) is 1. The molecule has 19 heavy (non-hydrogen) atoms. The summed E-state index contributed by atoms with van der Waals surface area (Å²) in [6.45, 7) is 6.49. The molecule has 1 nitrogen and oxygen atoms in total. The van der Waals surface area contributed by atoms with Crippen molar-refractivity contribution in [2.45, 2.75) is 77.2 Å². The molecular weight excluding hydrogens is 230 g/mol. The van der Waals surface area contributed by atoms with E-state index in [2.05, 4.69) is 19.2 Å². The molecule has 0 aromatic heterocycles. The second-order valence-electron chi connectivity index (χ2n) is 8.57. The van der Waals surface area contributed by atoms with Gasteiger partial charge in [0.2, 0.25) is 0 Å². The molecule has 1 unspecified atom stereocenters. The Morgan fingerprint density at radius 1 is 0.842 bits per heavy atom. The van der Waals surface area contributed by atoms with E-state index in [0.717, 1.165) is 23.7 Å². The van der Waals surface area contributed by atoms with Crippen LogP contribution in [0.3, 0.4) is 0 Å². The van der Waals surface area contributed by atoms with E-state index < -0.39 is 0 Å². The average molecular weight is 261 g/mol. The van der Waals surface area contributed by atoms with Crippen LogP contribution in [0, 0.1) is 29.1 Å². The molecule has 1 heterocycles. The Hall–Kier alpha value is -0.0400. The lowest BCUT2D eigenvalue weighted by molar-refractivity contribution is -0.0889. The summed E-state index contributed by atoms with van der Waals surface area (Å²) in [5.74, 6) is 4.17. The molecule has 0 amide bonds. The van der Waals surface area contributed by atoms with Crippen molar-refractivity contribution >= 4 is 0 Å². The largest absolute Gasteiger partial charge is 0.311 e. The number of hydrogen-bond donors (Lipinski definition) is 1. The molecule has 3 saturated carbocycles. The van der Waals surface area contributed by atoms with Gasteiger partial charge in [0.05, 0.1) is 0 Å². The Labute approximate surface area is 118 Å². The van der Waals surface area contributed by atoms with Gasteiger partial charge in [-0.15, -0.1) is 0 Å². The molecule has 1 heteroatoms. The van der Waals surface area contributed by atoms with E-state index in [4.69, 9.17) is 0 Å². The van der Waals surface area contributed by atoms with Crippen LogP contribution in [0.2, 0.25) is 0 Å². The molecule has 4 fully saturated rings. The second-order valence-corrected chi connectivity index (χ2v) is 8.57. The minimum absolute atomic E-state index is 0.499. The maximum atomic E-state index is 3.85. The predicted octanol–water partition coefficient (Wildman–Crippen LogP) is 4.37. The van der Waals surface area contributed by atoms with Crippen molar-refractivity contribution in [1.82, 2.24) is 5.32 Å². The van der Waals surface area contributed by atoms with Crippen molar-refractivity contribution in [2.75, 3.05) is 6.54 Å². The minimum atomic E-state index is 0.499. The third-order valence-electron chi connectivity index (χ3n) is 7.96. The third-order valence-corrected chi connectivity index (χ3v) is 7.96. The maximum Gasteiger partial charge on any atom is 0.0184 e. The summed E-state index contributed by atoms with van der Waals surface area (Å²) < 4.78 is 0. The van der Waals surface area contributed by atoms with E-state index >= 15 is 0 Å². The first kappa shape index (κ1) is 12.7. The highest BCUT2D eigenvalue weighted by Gasteiger charge is 2.57. The standard InChI is InChI=1S/C18H31N/c1-17-10-4-3-5-13(17)6-7-14-15(17)8-11-18(2)16(14)9-12-19-18/h13-16,19H,3-12H2,1-2H3/t13?,14-,15+,16+,17+,18+/m1/s1. The monoisotopic (exact) mass is 261 g/mol. The first-order valence-electron chi connectivity index (χ1n) is 8.88. The molecule has 4 rings (SSSR count). The van der Waals surface area contributed by atoms with E-state index in [9.17, 15) is 0 Å². The normalized spacial score (nSPS) is 57.2. The molecule has 0 radical (unpaired) electrons. The van der Waals surface area contributed by atoms with Crippen molar-refractivity contribution in [3.05, 3.63) is 0 Å². The summed E-state index contributed by atoms with van der Waals surface area (Å²) >= 11 is 0. The van der Waals surface area contributed by atoms with E-state index in [0.29, 0.717) is 11.0 Å². The van der Waals surface area contributed by atoms with Gasteiger partial charge in [-0.2, -0.15) is 0 Å². The van der Waals surface area contributed by atoms with Gasteiger partial charge >= 0.3 is 0 Å². The van der Waals surface area contributed by atoms with Gasteiger partial charge in [-0.05, 0) is 87.5 Å². The summed E-state index contributed by atoms with van der Waals surface area (Å²) in [5, 5.41) is 3.85. The fraction of sp³-hybridized carbons (Fsp3) is 1.00. The van der Waals surface area contributed by atoms with E-state index in [-0.39, 0.29) is 0 Å². The smallest absolute Gasteiger partial charge is 0.0184 e. The van der Waals surface area contributed by atoms with Crippen LogP contribution in [0.5, 0.6) is 0 Å². The summed E-state index contributed by atoms with van der Waals surface area (Å²) in [6, 6.07) is 0. The van der Waals surface area contributed by atoms with Crippen LogP contribution in [0.1, 0.15) is 71.6 Å². The lowest BCUT2D eigenvalue weighted by atomic mass is 9.46. The fourth-order valence-electron chi connectivity index (χ4n) is 6.88. The van der Waals surface area contributed by atoms with Crippen LogP contribution in [-0.2, 0) is 0 Å². The summed E-state index contributed by atoms with van der Waals surface area (Å²) in [6.07, 6.45) is 13.6. The molecule has 0 bridgehead atoms. The lowest BCUT2D eigenvalue weighted by Gasteiger charge is -2.59. The zero-order valence-electron chi connectivity index (χ0n) is 12.9. The molecule has 3 aliphatic carbocycles. The predicted molar refractivity (Wildman–Crippen MR) is 80.0 cm³/mol. The molecule has 1 saturated heterocycles. The van der Waals surface area contributed by atoms with Crippen LogP contribution in [0.4, 0.5) is 0 Å². The van der Waals surface area contributed by atoms with Crippen LogP contribution in [0.15, 0.2) is 0 Å². The zero-order valence-corrected chi connectivity index (χ0v) is 12.9. The van der Waals surface area contributed by atoms with Crippen molar-refractivity contribution < 1.29 is 0 Å². The molecule has 1 aliphatic heterocycles. The van der Waals surface area contributed by atoms with E-state index in [1.54, 1.807) is 19.3 Å². The van der Waals surface area contributed by atoms with Crippen LogP contribution in [-0.4, -0.2) is 12.1 Å². The summed E-state index contributed by atoms with van der Waals surface area (Å²) in [4.78, 5) is 0. The van der Waals surface area contributed by atoms with Gasteiger partial charge in [0, 0.05) is 5.54 Å². The number of fused-ring (bicyclic) bond motifs is 5. The van der Waals surface area contributed by atoms with Gasteiger partial charge in [-0.25, -0.2) is 0 Å². The van der Waals surface area contributed by atoms with Gasteiger partial charge in [-0.3, -0.25) is 0 Å². The number of hydrogen-bond acceptors (Lipinski definition) is 1. The topological polar surface area (TPSA) is 12.0 Å². The number of rotatable bonds is 0. The summed E-state index contributed by atoms with van der Waals surface area (Å²) in [5.41, 5.74) is 1.21. The van der Waals surface area contributed by atoms with Gasteiger partial charge in [0.1, 0.15) is 0 Å². The highest BCUT2D eigenvalue weighted by molar-refractivity contribution is 5.09. The van der Waals surface area contributed by atoms with E-state index in [1.165, 1.54) is 45.1 Å². The van der Waals surface area contributed by atoms with Gasteiger partial charge in [0.25, 0.3) is 0 Å². The molecule has 4 aliphatic rings. The minimum Gasteiger partial charge on any atom is -0.311 e. The average Bonchev–Trinajstić information content (AvgIpc) is 2.79. The van der Waals surface area contributed by atoms with Crippen molar-refractivity contribution in [3.8, 4) is 0 Å². The Balaban J connectivity index is 1.64. The third kappa shape index (κ3) is 1.69. The highest BCUT2D eigenvalue weighted by Crippen LogP contribution is 2.62. The van der Waals surface area contributed by atoms with Crippen molar-refractivity contribution in [2.24, 2.45) is 29.1 Å². The first-order valence-corrected chi connectivity index (χ1v) is 8.88. The quantitative estimate of drug-likeness (QED) is 0.682. The molecule has 0 aromatic carbocycles. The van der Waals surface area contributed by atoms with Crippen molar-refractivity contribution in [1.29, 1.82) is 0 Å². The maximum absolute atomic E-state index is 3.85. The molecule has 108 valence electrons. The molecule has 0 spiro atoms. The molecule has 1 N–H and O–H groups in total.